The third-order valence-corrected chi connectivity index (χ3v) is 2.06. The maximum atomic E-state index is 10.6. The molecule has 0 bridgehead atoms. The summed E-state index contributed by atoms with van der Waals surface area (Å²) in [6, 6.07) is 3.05. The van der Waals surface area contributed by atoms with E-state index in [1.165, 1.54) is 0 Å². The van der Waals surface area contributed by atoms with Crippen molar-refractivity contribution < 1.29 is 14.3 Å². The summed E-state index contributed by atoms with van der Waals surface area (Å²) in [5, 5.41) is 11.6. The molecule has 1 aromatic heterocycles. The second-order valence-electron chi connectivity index (χ2n) is 3.40. The predicted octanol–water partition coefficient (Wildman–Crippen LogP) is 1.71. The molecule has 0 fully saturated rings. The normalized spacial score (nSPS) is 15.1. The van der Waals surface area contributed by atoms with Crippen molar-refractivity contribution in [3.8, 4) is 0 Å². The average molecular weight is 197 g/mol. The van der Waals surface area contributed by atoms with E-state index in [-0.39, 0.29) is 6.04 Å². The van der Waals surface area contributed by atoms with E-state index >= 15 is 0 Å². The topological polar surface area (TPSA) is 62.5 Å². The van der Waals surface area contributed by atoms with Gasteiger partial charge in [-0.15, -0.1) is 0 Å². The molecule has 0 saturated carbocycles. The second kappa shape index (κ2) is 4.28. The first kappa shape index (κ1) is 10.8. The zero-order valence-corrected chi connectivity index (χ0v) is 8.57. The maximum Gasteiger partial charge on any atom is 0.320 e. The van der Waals surface area contributed by atoms with Crippen LogP contribution in [-0.2, 0) is 4.79 Å². The largest absolute Gasteiger partial charge is 0.480 e. The number of nitrogens with one attached hydrogen (secondary N) is 1. The molecule has 0 saturated heterocycles. The van der Waals surface area contributed by atoms with Crippen molar-refractivity contribution >= 4 is 5.97 Å². The Labute approximate surface area is 82.9 Å². The van der Waals surface area contributed by atoms with E-state index < -0.39 is 12.0 Å². The minimum Gasteiger partial charge on any atom is -0.480 e. The summed E-state index contributed by atoms with van der Waals surface area (Å²) in [5.74, 6) is 0.729. The lowest BCUT2D eigenvalue weighted by Gasteiger charge is -2.14. The van der Waals surface area contributed by atoms with Gasteiger partial charge in [0, 0.05) is 0 Å². The summed E-state index contributed by atoms with van der Waals surface area (Å²) in [5.41, 5.74) is 0. The van der Waals surface area contributed by atoms with Crippen LogP contribution >= 0.6 is 0 Å². The van der Waals surface area contributed by atoms with E-state index in [1.807, 2.05) is 26.0 Å². The molecule has 0 aliphatic carbocycles. The molecule has 0 amide bonds. The molecule has 14 heavy (non-hydrogen) atoms. The van der Waals surface area contributed by atoms with Crippen LogP contribution in [0.3, 0.4) is 0 Å². The lowest BCUT2D eigenvalue weighted by Crippen LogP contribution is -2.35. The Hall–Kier alpha value is -1.29. The Balaban J connectivity index is 2.58. The van der Waals surface area contributed by atoms with E-state index in [1.54, 1.807) is 6.92 Å². The first-order valence-electron chi connectivity index (χ1n) is 4.56. The van der Waals surface area contributed by atoms with Gasteiger partial charge >= 0.3 is 5.97 Å². The highest BCUT2D eigenvalue weighted by molar-refractivity contribution is 5.72. The molecule has 2 N–H and O–H groups in total. The molecular formula is C10H15NO3. The van der Waals surface area contributed by atoms with Crippen LogP contribution in [0.2, 0.25) is 0 Å². The van der Waals surface area contributed by atoms with Crippen LogP contribution in [0.4, 0.5) is 0 Å². The van der Waals surface area contributed by atoms with Gasteiger partial charge in [0.15, 0.2) is 0 Å². The summed E-state index contributed by atoms with van der Waals surface area (Å²) >= 11 is 0. The molecule has 0 radical (unpaired) electrons. The van der Waals surface area contributed by atoms with Crippen molar-refractivity contribution in [1.29, 1.82) is 0 Å². The molecule has 78 valence electrons. The number of carboxylic acid groups (broad SMARTS) is 1. The smallest absolute Gasteiger partial charge is 0.320 e. The van der Waals surface area contributed by atoms with Gasteiger partial charge in [0.05, 0.1) is 6.04 Å². The number of carbonyl (C=O) groups is 1. The number of rotatable bonds is 4. The summed E-state index contributed by atoms with van der Waals surface area (Å²) in [4.78, 5) is 10.6. The number of hydrogen-bond acceptors (Lipinski definition) is 3. The van der Waals surface area contributed by atoms with Crippen LogP contribution in [0.15, 0.2) is 16.5 Å². The van der Waals surface area contributed by atoms with Gasteiger partial charge in [-0.05, 0) is 32.9 Å². The van der Waals surface area contributed by atoms with Crippen molar-refractivity contribution in [2.24, 2.45) is 0 Å². The van der Waals surface area contributed by atoms with E-state index in [2.05, 4.69) is 5.32 Å². The number of hydrogen-bond donors (Lipinski definition) is 2. The zero-order valence-electron chi connectivity index (χ0n) is 8.57. The third-order valence-electron chi connectivity index (χ3n) is 2.06. The maximum absolute atomic E-state index is 10.6. The van der Waals surface area contributed by atoms with E-state index in [0.717, 1.165) is 11.5 Å². The van der Waals surface area contributed by atoms with Gasteiger partial charge in [0.1, 0.15) is 17.6 Å². The number of furan rings is 1. The summed E-state index contributed by atoms with van der Waals surface area (Å²) in [6.45, 7) is 5.34. The van der Waals surface area contributed by atoms with E-state index in [4.69, 9.17) is 9.52 Å². The molecule has 2 atom stereocenters. The SMILES string of the molecule is Cc1ccc(C(C)NC(C)C(=O)O)o1. The predicted molar refractivity (Wildman–Crippen MR) is 52.1 cm³/mol. The van der Waals surface area contributed by atoms with Gasteiger partial charge in [-0.3, -0.25) is 10.1 Å². The highest BCUT2D eigenvalue weighted by Gasteiger charge is 2.16. The quantitative estimate of drug-likeness (QED) is 0.771. The van der Waals surface area contributed by atoms with Gasteiger partial charge < -0.3 is 9.52 Å². The Morgan fingerprint density at radius 1 is 1.50 bits per heavy atom. The van der Waals surface area contributed by atoms with Crippen LogP contribution in [-0.4, -0.2) is 17.1 Å². The molecule has 0 spiro atoms. The van der Waals surface area contributed by atoms with Crippen LogP contribution < -0.4 is 5.32 Å². The van der Waals surface area contributed by atoms with Gasteiger partial charge in [0.25, 0.3) is 0 Å². The monoisotopic (exact) mass is 197 g/mol. The Kier molecular flexibility index (Phi) is 3.30. The van der Waals surface area contributed by atoms with Gasteiger partial charge in [0.2, 0.25) is 0 Å². The van der Waals surface area contributed by atoms with Crippen molar-refractivity contribution in [1.82, 2.24) is 5.32 Å². The summed E-state index contributed by atoms with van der Waals surface area (Å²) < 4.78 is 5.37. The third kappa shape index (κ3) is 2.60. The van der Waals surface area contributed by atoms with Crippen LogP contribution in [0.5, 0.6) is 0 Å². The molecule has 2 unspecified atom stereocenters. The molecule has 1 heterocycles. The molecule has 4 nitrogen and oxygen atoms in total. The lowest BCUT2D eigenvalue weighted by molar-refractivity contribution is -0.139. The highest BCUT2D eigenvalue weighted by atomic mass is 16.4. The first-order valence-corrected chi connectivity index (χ1v) is 4.56. The molecule has 0 aliphatic rings. The Morgan fingerprint density at radius 3 is 2.57 bits per heavy atom. The Morgan fingerprint density at radius 2 is 2.14 bits per heavy atom. The molecular weight excluding hydrogens is 182 g/mol. The fourth-order valence-electron chi connectivity index (χ4n) is 1.21. The molecule has 0 aromatic carbocycles. The fraction of sp³-hybridized carbons (Fsp3) is 0.500. The molecule has 1 aromatic rings. The fourth-order valence-corrected chi connectivity index (χ4v) is 1.21. The lowest BCUT2D eigenvalue weighted by atomic mass is 10.2. The number of aryl methyl sites for hydroxylation is 1. The average Bonchev–Trinajstić information content (AvgIpc) is 2.51. The standard InChI is InChI=1S/C10H15NO3/c1-6-4-5-9(14-6)7(2)11-8(3)10(12)13/h4-5,7-8,11H,1-3H3,(H,12,13). The zero-order chi connectivity index (χ0) is 10.7. The second-order valence-corrected chi connectivity index (χ2v) is 3.40. The van der Waals surface area contributed by atoms with Crippen LogP contribution in [0.1, 0.15) is 31.4 Å². The van der Waals surface area contributed by atoms with Crippen molar-refractivity contribution in [2.45, 2.75) is 32.9 Å². The van der Waals surface area contributed by atoms with Crippen molar-refractivity contribution in [3.05, 3.63) is 23.7 Å². The minimum absolute atomic E-state index is 0.0881. The molecule has 1 rings (SSSR count). The molecule has 0 aliphatic heterocycles. The van der Waals surface area contributed by atoms with Crippen LogP contribution in [0, 0.1) is 6.92 Å². The number of carboxylic acids is 1. The molecule has 4 heteroatoms. The van der Waals surface area contributed by atoms with E-state index in [0.29, 0.717) is 0 Å². The van der Waals surface area contributed by atoms with Crippen molar-refractivity contribution in [2.75, 3.05) is 0 Å². The van der Waals surface area contributed by atoms with Crippen molar-refractivity contribution in [3.63, 3.8) is 0 Å². The summed E-state index contributed by atoms with van der Waals surface area (Å²) in [6.07, 6.45) is 0. The van der Waals surface area contributed by atoms with Crippen LogP contribution in [0.25, 0.3) is 0 Å². The van der Waals surface area contributed by atoms with E-state index in [9.17, 15) is 4.79 Å². The first-order chi connectivity index (χ1) is 6.50. The Bertz CT molecular complexity index is 319. The van der Waals surface area contributed by atoms with Gasteiger partial charge in [-0.2, -0.15) is 0 Å². The summed E-state index contributed by atoms with van der Waals surface area (Å²) in [7, 11) is 0. The highest BCUT2D eigenvalue weighted by Crippen LogP contribution is 2.15. The van der Waals surface area contributed by atoms with Gasteiger partial charge in [-0.25, -0.2) is 0 Å². The van der Waals surface area contributed by atoms with Gasteiger partial charge in [-0.1, -0.05) is 0 Å². The minimum atomic E-state index is -0.861. The number of aliphatic carboxylic acids is 1.